The minimum atomic E-state index is -1.12. The van der Waals surface area contributed by atoms with Crippen LogP contribution in [0.5, 0.6) is 0 Å². The van der Waals surface area contributed by atoms with E-state index in [1.54, 1.807) is 16.8 Å². The Labute approximate surface area is 128 Å². The molecule has 1 aromatic rings. The molecule has 112 valence electrons. The maximum Gasteiger partial charge on any atom is 0.356 e. The molecule has 0 bridgehead atoms. The van der Waals surface area contributed by atoms with E-state index in [1.165, 1.54) is 22.1 Å². The number of carboxylic acids is 1. The largest absolute Gasteiger partial charge is 0.477 e. The number of aromatic nitrogens is 2. The quantitative estimate of drug-likeness (QED) is 0.474. The van der Waals surface area contributed by atoms with Crippen molar-refractivity contribution in [3.05, 3.63) is 34.1 Å². The van der Waals surface area contributed by atoms with Crippen molar-refractivity contribution in [1.82, 2.24) is 14.7 Å². The number of amides is 1. The molecular formula is C13H9N3O5S. The van der Waals surface area contributed by atoms with Crippen LogP contribution >= 0.6 is 11.8 Å². The van der Waals surface area contributed by atoms with E-state index in [9.17, 15) is 14.4 Å². The van der Waals surface area contributed by atoms with E-state index in [2.05, 4.69) is 5.10 Å². The van der Waals surface area contributed by atoms with E-state index in [0.29, 0.717) is 23.5 Å². The van der Waals surface area contributed by atoms with E-state index < -0.39 is 11.9 Å². The summed E-state index contributed by atoms with van der Waals surface area (Å²) in [6, 6.07) is 1.57. The van der Waals surface area contributed by atoms with Crippen LogP contribution < -0.4 is 0 Å². The van der Waals surface area contributed by atoms with Gasteiger partial charge in [-0.15, -0.1) is 11.8 Å². The van der Waals surface area contributed by atoms with Gasteiger partial charge >= 0.3 is 11.9 Å². The number of hydrogen-bond donors (Lipinski definition) is 1. The van der Waals surface area contributed by atoms with Crippen LogP contribution in [0.25, 0.3) is 6.08 Å². The smallest absolute Gasteiger partial charge is 0.356 e. The zero-order valence-electron chi connectivity index (χ0n) is 11.1. The molecule has 0 spiro atoms. The normalized spacial score (nSPS) is 24.5. The standard InChI is InChI=1S/C13H9N3O5S/c17-10-7(11-16(10)9(5-22-11)12(18)19)3-6-4-8-13(20)21-2-1-15(8)14-6/h3-5,11H,1-2H2,(H,18,19)/b7-3+. The Morgan fingerprint density at radius 3 is 3.05 bits per heavy atom. The molecule has 1 saturated heterocycles. The fourth-order valence-corrected chi connectivity index (χ4v) is 3.68. The predicted octanol–water partition coefficient (Wildman–Crippen LogP) is 0.278. The number of carbonyl (C=O) groups is 3. The molecule has 22 heavy (non-hydrogen) atoms. The highest BCUT2D eigenvalue weighted by Gasteiger charge is 2.49. The average Bonchev–Trinajstić information content (AvgIpc) is 3.07. The number of hydrogen-bond acceptors (Lipinski definition) is 6. The lowest BCUT2D eigenvalue weighted by molar-refractivity contribution is -0.141. The Morgan fingerprint density at radius 1 is 1.50 bits per heavy atom. The Balaban J connectivity index is 1.62. The number of rotatable bonds is 2. The Kier molecular flexibility index (Phi) is 2.67. The van der Waals surface area contributed by atoms with Crippen molar-refractivity contribution >= 4 is 35.7 Å². The van der Waals surface area contributed by atoms with Crippen LogP contribution in [0.2, 0.25) is 0 Å². The van der Waals surface area contributed by atoms with Crippen molar-refractivity contribution < 1.29 is 24.2 Å². The van der Waals surface area contributed by atoms with Crippen LogP contribution in [-0.2, 0) is 20.9 Å². The number of nitrogens with zero attached hydrogens (tertiary/aromatic N) is 3. The molecule has 3 aliphatic rings. The number of aliphatic carboxylic acids is 1. The summed E-state index contributed by atoms with van der Waals surface area (Å²) in [4.78, 5) is 35.9. The first-order chi connectivity index (χ1) is 10.6. The monoisotopic (exact) mass is 319 g/mol. The third kappa shape index (κ3) is 1.72. The van der Waals surface area contributed by atoms with Crippen molar-refractivity contribution in [2.24, 2.45) is 0 Å². The zero-order chi connectivity index (χ0) is 15.4. The average molecular weight is 319 g/mol. The summed E-state index contributed by atoms with van der Waals surface area (Å²) >= 11 is 1.26. The molecular weight excluding hydrogens is 310 g/mol. The number of carboxylic acid groups (broad SMARTS) is 1. The van der Waals surface area contributed by atoms with Gasteiger partial charge in [0.25, 0.3) is 5.91 Å². The molecule has 0 aromatic carbocycles. The lowest BCUT2D eigenvalue weighted by Crippen LogP contribution is -2.51. The summed E-state index contributed by atoms with van der Waals surface area (Å²) in [5, 5.41) is 14.4. The molecule has 1 atom stereocenters. The first kappa shape index (κ1) is 13.1. The van der Waals surface area contributed by atoms with Crippen LogP contribution in [0.3, 0.4) is 0 Å². The first-order valence-corrected chi connectivity index (χ1v) is 7.39. The second-order valence-electron chi connectivity index (χ2n) is 4.89. The molecule has 1 fully saturated rings. The van der Waals surface area contributed by atoms with Gasteiger partial charge < -0.3 is 9.84 Å². The Hall–Kier alpha value is -2.55. The topological polar surface area (TPSA) is 102 Å². The number of β-lactam (4-membered cyclic amide) rings is 1. The summed E-state index contributed by atoms with van der Waals surface area (Å²) in [7, 11) is 0. The van der Waals surface area contributed by atoms with Crippen LogP contribution in [0, 0.1) is 0 Å². The van der Waals surface area contributed by atoms with Crippen molar-refractivity contribution in [2.75, 3.05) is 6.61 Å². The lowest BCUT2D eigenvalue weighted by Gasteiger charge is -2.36. The van der Waals surface area contributed by atoms with Gasteiger partial charge in [0.1, 0.15) is 23.4 Å². The lowest BCUT2D eigenvalue weighted by atomic mass is 10.0. The fourth-order valence-electron chi connectivity index (χ4n) is 2.57. The first-order valence-electron chi connectivity index (χ1n) is 6.45. The van der Waals surface area contributed by atoms with Crippen molar-refractivity contribution in [3.63, 3.8) is 0 Å². The second-order valence-corrected chi connectivity index (χ2v) is 5.84. The summed E-state index contributed by atoms with van der Waals surface area (Å²) in [6.07, 6.45) is 1.59. The van der Waals surface area contributed by atoms with E-state index in [1.807, 2.05) is 0 Å². The molecule has 1 N–H and O–H groups in total. The van der Waals surface area contributed by atoms with E-state index >= 15 is 0 Å². The summed E-state index contributed by atoms with van der Waals surface area (Å²) in [5.41, 5.74) is 1.30. The predicted molar refractivity (Wildman–Crippen MR) is 74.4 cm³/mol. The highest BCUT2D eigenvalue weighted by Crippen LogP contribution is 2.45. The van der Waals surface area contributed by atoms with Gasteiger partial charge in [-0.3, -0.25) is 14.4 Å². The van der Waals surface area contributed by atoms with Crippen LogP contribution in [0.1, 0.15) is 16.2 Å². The van der Waals surface area contributed by atoms with Gasteiger partial charge in [-0.1, -0.05) is 0 Å². The molecule has 4 heterocycles. The van der Waals surface area contributed by atoms with Gasteiger partial charge in [-0.2, -0.15) is 5.10 Å². The minimum Gasteiger partial charge on any atom is -0.477 e. The number of fused-ring (bicyclic) bond motifs is 2. The van der Waals surface area contributed by atoms with Gasteiger partial charge in [-0.25, -0.2) is 9.59 Å². The fraction of sp³-hybridized carbons (Fsp3) is 0.231. The Bertz CT molecular complexity index is 794. The molecule has 0 saturated carbocycles. The van der Waals surface area contributed by atoms with Gasteiger partial charge in [0.05, 0.1) is 17.8 Å². The second kappa shape index (κ2) is 4.47. The van der Waals surface area contributed by atoms with Gasteiger partial charge in [0, 0.05) is 5.41 Å². The summed E-state index contributed by atoms with van der Waals surface area (Å²) < 4.78 is 6.46. The highest BCUT2D eigenvalue weighted by atomic mass is 32.2. The number of ether oxygens (including phenoxy) is 1. The summed E-state index contributed by atoms with van der Waals surface area (Å²) in [6.45, 7) is 0.758. The maximum absolute atomic E-state index is 12.1. The zero-order valence-corrected chi connectivity index (χ0v) is 11.9. The molecule has 8 nitrogen and oxygen atoms in total. The van der Waals surface area contributed by atoms with Gasteiger partial charge in [-0.05, 0) is 12.1 Å². The van der Waals surface area contributed by atoms with Crippen molar-refractivity contribution in [3.8, 4) is 0 Å². The number of thioether (sulfide) groups is 1. The van der Waals surface area contributed by atoms with Crippen LogP contribution in [0.4, 0.5) is 0 Å². The molecule has 4 rings (SSSR count). The van der Waals surface area contributed by atoms with Crippen molar-refractivity contribution in [2.45, 2.75) is 11.9 Å². The number of esters is 1. The van der Waals surface area contributed by atoms with Crippen LogP contribution in [-0.4, -0.2) is 49.6 Å². The number of cyclic esters (lactones) is 1. The molecule has 3 aliphatic heterocycles. The van der Waals surface area contributed by atoms with Crippen LogP contribution in [0.15, 0.2) is 22.7 Å². The number of carbonyl (C=O) groups excluding carboxylic acids is 2. The maximum atomic E-state index is 12.1. The van der Waals surface area contributed by atoms with Crippen molar-refractivity contribution in [1.29, 1.82) is 0 Å². The molecule has 0 radical (unpaired) electrons. The minimum absolute atomic E-state index is 0.00939. The Morgan fingerprint density at radius 2 is 2.32 bits per heavy atom. The molecule has 1 amide bonds. The molecule has 9 heteroatoms. The molecule has 0 aliphatic carbocycles. The molecule has 1 unspecified atom stereocenters. The highest BCUT2D eigenvalue weighted by molar-refractivity contribution is 8.03. The van der Waals surface area contributed by atoms with Gasteiger partial charge in [0.2, 0.25) is 0 Å². The molecule has 1 aromatic heterocycles. The van der Waals surface area contributed by atoms with Gasteiger partial charge in [0.15, 0.2) is 0 Å². The SMILES string of the molecule is O=C(O)C1=CSC2/C(=C/c3cc4n(n3)CCOC4=O)C(=O)N12. The third-order valence-electron chi connectivity index (χ3n) is 3.60. The third-order valence-corrected chi connectivity index (χ3v) is 4.68. The van der Waals surface area contributed by atoms with E-state index in [0.717, 1.165) is 0 Å². The summed E-state index contributed by atoms with van der Waals surface area (Å²) in [5.74, 6) is -1.91. The van der Waals surface area contributed by atoms with E-state index in [-0.39, 0.29) is 23.6 Å². The van der Waals surface area contributed by atoms with E-state index in [4.69, 9.17) is 9.84 Å².